The van der Waals surface area contributed by atoms with Crippen molar-refractivity contribution >= 4 is 11.6 Å². The van der Waals surface area contributed by atoms with Crippen molar-refractivity contribution in [2.75, 3.05) is 5.32 Å². The highest BCUT2D eigenvalue weighted by Gasteiger charge is 2.16. The molecule has 6 bridgehead atoms. The molecule has 0 aromatic heterocycles. The molecule has 4 aromatic rings. The summed E-state index contributed by atoms with van der Waals surface area (Å²) in [5.41, 5.74) is 3.82. The first-order valence-corrected chi connectivity index (χ1v) is 10.5. The molecule has 0 saturated heterocycles. The summed E-state index contributed by atoms with van der Waals surface area (Å²) in [6.07, 6.45) is 1.36. The van der Waals surface area contributed by atoms with E-state index < -0.39 is 0 Å². The third-order valence-electron chi connectivity index (χ3n) is 5.67. The largest absolute Gasteiger partial charge is 0.508 e. The van der Waals surface area contributed by atoms with E-state index in [0.717, 1.165) is 11.1 Å². The number of hydrogen-bond donors (Lipinski definition) is 4. The fourth-order valence-corrected chi connectivity index (χ4v) is 3.91. The van der Waals surface area contributed by atoms with Gasteiger partial charge in [0.15, 0.2) is 11.5 Å². The van der Waals surface area contributed by atoms with E-state index in [1.54, 1.807) is 54.6 Å². The van der Waals surface area contributed by atoms with Crippen molar-refractivity contribution in [3.05, 3.63) is 95.6 Å². The summed E-state index contributed by atoms with van der Waals surface area (Å²) in [4.78, 5) is 12.9. The van der Waals surface area contributed by atoms with Crippen LogP contribution in [-0.4, -0.2) is 21.2 Å². The summed E-state index contributed by atoms with van der Waals surface area (Å²) in [6, 6.07) is 21.8. The van der Waals surface area contributed by atoms with Crippen LogP contribution in [0.2, 0.25) is 0 Å². The Labute approximate surface area is 190 Å². The predicted molar refractivity (Wildman–Crippen MR) is 125 cm³/mol. The lowest BCUT2D eigenvalue weighted by molar-refractivity contribution is 0.102. The van der Waals surface area contributed by atoms with E-state index in [4.69, 9.17) is 4.74 Å². The van der Waals surface area contributed by atoms with Crippen LogP contribution in [0.15, 0.2) is 78.9 Å². The van der Waals surface area contributed by atoms with Gasteiger partial charge in [0, 0.05) is 22.8 Å². The number of benzene rings is 4. The van der Waals surface area contributed by atoms with Crippen LogP contribution in [0, 0.1) is 0 Å². The summed E-state index contributed by atoms with van der Waals surface area (Å²) in [6.45, 7) is 0. The quantitative estimate of drug-likeness (QED) is 0.285. The molecule has 4 heterocycles. The number of ether oxygens (including phenoxy) is 1. The molecule has 4 aliphatic heterocycles. The third kappa shape index (κ3) is 4.19. The second-order valence-electron chi connectivity index (χ2n) is 7.96. The summed E-state index contributed by atoms with van der Waals surface area (Å²) in [5, 5.41) is 33.8. The maximum Gasteiger partial charge on any atom is 0.255 e. The predicted octanol–water partition coefficient (Wildman–Crippen LogP) is 5.61. The molecule has 0 spiro atoms. The van der Waals surface area contributed by atoms with Crippen molar-refractivity contribution in [2.45, 2.75) is 12.8 Å². The van der Waals surface area contributed by atoms with Gasteiger partial charge in [-0.05, 0) is 78.6 Å². The minimum atomic E-state index is -0.379. The van der Waals surface area contributed by atoms with Crippen molar-refractivity contribution in [3.63, 3.8) is 0 Å². The topological polar surface area (TPSA) is 99.0 Å². The highest BCUT2D eigenvalue weighted by atomic mass is 16.5. The van der Waals surface area contributed by atoms with E-state index in [0.29, 0.717) is 46.7 Å². The molecule has 4 N–H and O–H groups in total. The van der Waals surface area contributed by atoms with E-state index in [1.807, 2.05) is 12.1 Å². The zero-order valence-electron chi connectivity index (χ0n) is 17.6. The first-order chi connectivity index (χ1) is 16.0. The van der Waals surface area contributed by atoms with Gasteiger partial charge in [-0.3, -0.25) is 4.79 Å². The fourth-order valence-electron chi connectivity index (χ4n) is 3.91. The molecular formula is C27H21NO5. The molecule has 4 aliphatic rings. The van der Waals surface area contributed by atoms with Gasteiger partial charge in [0.1, 0.15) is 17.2 Å². The van der Waals surface area contributed by atoms with Crippen LogP contribution in [0.25, 0.3) is 11.1 Å². The van der Waals surface area contributed by atoms with Crippen LogP contribution in [-0.2, 0) is 12.8 Å². The van der Waals surface area contributed by atoms with Crippen LogP contribution in [0.1, 0.15) is 21.5 Å². The van der Waals surface area contributed by atoms with E-state index in [1.165, 1.54) is 12.1 Å². The van der Waals surface area contributed by atoms with Crippen LogP contribution in [0.3, 0.4) is 0 Å². The second kappa shape index (κ2) is 8.24. The van der Waals surface area contributed by atoms with Gasteiger partial charge in [0.05, 0.1) is 5.69 Å². The van der Waals surface area contributed by atoms with Crippen LogP contribution in [0.4, 0.5) is 5.69 Å². The van der Waals surface area contributed by atoms with Gasteiger partial charge in [0.2, 0.25) is 0 Å². The molecule has 0 atom stereocenters. The molecule has 0 fully saturated rings. The molecule has 0 radical (unpaired) electrons. The highest BCUT2D eigenvalue weighted by molar-refractivity contribution is 6.06. The molecular weight excluding hydrogens is 418 g/mol. The summed E-state index contributed by atoms with van der Waals surface area (Å²) in [7, 11) is 0. The fraction of sp³-hybridized carbons (Fsp3) is 0.0741. The monoisotopic (exact) mass is 439 g/mol. The maximum atomic E-state index is 12.9. The van der Waals surface area contributed by atoms with Crippen molar-refractivity contribution in [2.24, 2.45) is 0 Å². The summed E-state index contributed by atoms with van der Waals surface area (Å²) < 4.78 is 5.84. The van der Waals surface area contributed by atoms with Gasteiger partial charge in [-0.2, -0.15) is 0 Å². The number of anilines is 1. The zero-order chi connectivity index (χ0) is 22.9. The molecule has 4 aromatic carbocycles. The highest BCUT2D eigenvalue weighted by Crippen LogP contribution is 2.38. The van der Waals surface area contributed by atoms with Crippen molar-refractivity contribution < 1.29 is 24.9 Å². The van der Waals surface area contributed by atoms with Gasteiger partial charge in [-0.1, -0.05) is 18.2 Å². The average molecular weight is 439 g/mol. The summed E-state index contributed by atoms with van der Waals surface area (Å²) >= 11 is 0. The lowest BCUT2D eigenvalue weighted by atomic mass is 9.97. The Morgan fingerprint density at radius 3 is 2.15 bits per heavy atom. The van der Waals surface area contributed by atoms with Crippen LogP contribution < -0.4 is 10.1 Å². The Bertz CT molecular complexity index is 1360. The second-order valence-corrected chi connectivity index (χ2v) is 7.96. The number of hydrogen-bond acceptors (Lipinski definition) is 5. The Balaban J connectivity index is 1.62. The third-order valence-corrected chi connectivity index (χ3v) is 5.67. The zero-order valence-corrected chi connectivity index (χ0v) is 17.6. The first-order valence-electron chi connectivity index (χ1n) is 10.5. The molecule has 0 aliphatic carbocycles. The normalized spacial score (nSPS) is 12.9. The number of nitrogens with one attached hydrogen (secondary N) is 1. The van der Waals surface area contributed by atoms with Gasteiger partial charge in [-0.15, -0.1) is 0 Å². The minimum absolute atomic E-state index is 0.00278. The van der Waals surface area contributed by atoms with Crippen molar-refractivity contribution in [3.8, 4) is 39.9 Å². The number of rotatable bonds is 0. The Kier molecular flexibility index (Phi) is 5.11. The number of phenols is 3. The number of aromatic hydroxyl groups is 3. The lowest BCUT2D eigenvalue weighted by Crippen LogP contribution is -2.12. The van der Waals surface area contributed by atoms with Crippen LogP contribution >= 0.6 is 0 Å². The van der Waals surface area contributed by atoms with Crippen molar-refractivity contribution in [1.29, 1.82) is 0 Å². The number of carbonyl (C=O) groups excluding carboxylic acids is 1. The Hall–Kier alpha value is -4.45. The van der Waals surface area contributed by atoms with Crippen LogP contribution in [0.5, 0.6) is 28.7 Å². The number of carbonyl (C=O) groups is 1. The van der Waals surface area contributed by atoms with E-state index in [2.05, 4.69) is 5.32 Å². The molecule has 0 saturated carbocycles. The molecule has 0 unspecified atom stereocenters. The minimum Gasteiger partial charge on any atom is -0.508 e. The molecule has 6 heteroatoms. The van der Waals surface area contributed by atoms with Gasteiger partial charge in [-0.25, -0.2) is 0 Å². The van der Waals surface area contributed by atoms with Gasteiger partial charge in [0.25, 0.3) is 5.91 Å². The van der Waals surface area contributed by atoms with E-state index in [-0.39, 0.29) is 23.2 Å². The van der Waals surface area contributed by atoms with Crippen molar-refractivity contribution in [1.82, 2.24) is 0 Å². The molecule has 164 valence electrons. The van der Waals surface area contributed by atoms with Gasteiger partial charge < -0.3 is 25.4 Å². The Morgan fingerprint density at radius 1 is 0.697 bits per heavy atom. The Morgan fingerprint density at radius 2 is 1.39 bits per heavy atom. The van der Waals surface area contributed by atoms with E-state index in [9.17, 15) is 20.1 Å². The lowest BCUT2D eigenvalue weighted by Gasteiger charge is -2.15. The first kappa shape index (κ1) is 20.5. The maximum absolute atomic E-state index is 12.9. The number of amides is 1. The molecule has 33 heavy (non-hydrogen) atoms. The number of phenolic OH excluding ortho intramolecular Hbond substituents is 3. The molecule has 1 amide bonds. The SMILES string of the molecule is O=C1Nc2cc(O)ccc2-c2ccc(cc2O)CCc2ccc(O)c(c2)Oc2ccc1cc2. The van der Waals surface area contributed by atoms with E-state index >= 15 is 0 Å². The molecule has 8 rings (SSSR count). The average Bonchev–Trinajstić information content (AvgIpc) is 2.80. The standard InChI is InChI=1S/C27H21NO5/c29-19-7-11-21-22-10-3-16(13-25(22)31)1-2-17-4-12-24(30)26(14-17)33-20-8-5-18(6-9-20)27(32)28-23(21)15-19/h3-15,29-31H,1-2H2,(H,28,32). The summed E-state index contributed by atoms with van der Waals surface area (Å²) in [5.74, 6) is 0.529. The number of aryl methyl sites for hydroxylation is 2. The smallest absolute Gasteiger partial charge is 0.255 e. The molecule has 6 nitrogen and oxygen atoms in total. The van der Waals surface area contributed by atoms with Gasteiger partial charge >= 0.3 is 0 Å².